The van der Waals surface area contributed by atoms with Crippen molar-refractivity contribution >= 4 is 27.5 Å². The Kier molecular flexibility index (Phi) is 4.46. The van der Waals surface area contributed by atoms with Crippen LogP contribution in [0.2, 0.25) is 0 Å². The summed E-state index contributed by atoms with van der Waals surface area (Å²) in [6, 6.07) is 12.3. The average Bonchev–Trinajstić information content (AvgIpc) is 3.19. The predicted molar refractivity (Wildman–Crippen MR) is 109 cm³/mol. The molecule has 1 saturated heterocycles. The number of pyridine rings is 1. The van der Waals surface area contributed by atoms with E-state index < -0.39 is 0 Å². The van der Waals surface area contributed by atoms with E-state index in [0.29, 0.717) is 19.2 Å². The van der Waals surface area contributed by atoms with Crippen molar-refractivity contribution in [2.45, 2.75) is 0 Å². The molecule has 7 heteroatoms. The second kappa shape index (κ2) is 7.26. The van der Waals surface area contributed by atoms with E-state index in [9.17, 15) is 4.39 Å². The first-order valence-electron chi connectivity index (χ1n) is 9.09. The van der Waals surface area contributed by atoms with Crippen LogP contribution in [0.4, 0.5) is 10.3 Å². The smallest absolute Gasteiger partial charge is 0.227 e. The molecule has 1 fully saturated rings. The number of aromatic nitrogens is 3. The summed E-state index contributed by atoms with van der Waals surface area (Å²) in [6.45, 7) is 2.88. The van der Waals surface area contributed by atoms with Gasteiger partial charge >= 0.3 is 0 Å². The van der Waals surface area contributed by atoms with Crippen molar-refractivity contribution in [2.24, 2.45) is 0 Å². The molecular formula is C21H17FN4OS. The molecule has 0 spiro atoms. The van der Waals surface area contributed by atoms with E-state index in [1.165, 1.54) is 12.1 Å². The van der Waals surface area contributed by atoms with E-state index in [-0.39, 0.29) is 5.82 Å². The van der Waals surface area contributed by atoms with Crippen molar-refractivity contribution in [1.29, 1.82) is 0 Å². The Morgan fingerprint density at radius 1 is 1.00 bits per heavy atom. The maximum absolute atomic E-state index is 13.4. The van der Waals surface area contributed by atoms with E-state index in [2.05, 4.69) is 15.3 Å². The minimum Gasteiger partial charge on any atom is -0.378 e. The minimum atomic E-state index is -0.251. The van der Waals surface area contributed by atoms with Crippen molar-refractivity contribution in [3.8, 4) is 22.5 Å². The predicted octanol–water partition coefficient (Wildman–Crippen LogP) is 4.40. The van der Waals surface area contributed by atoms with E-state index in [4.69, 9.17) is 14.7 Å². The number of ether oxygens (including phenoxy) is 1. The highest BCUT2D eigenvalue weighted by atomic mass is 32.1. The summed E-state index contributed by atoms with van der Waals surface area (Å²) < 4.78 is 18.9. The fraction of sp³-hybridized carbons (Fsp3) is 0.190. The number of halogens is 1. The zero-order valence-corrected chi connectivity index (χ0v) is 15.8. The number of anilines is 1. The number of morpholine rings is 1. The lowest BCUT2D eigenvalue weighted by molar-refractivity contribution is 0.122. The fourth-order valence-corrected chi connectivity index (χ4v) is 4.31. The van der Waals surface area contributed by atoms with Gasteiger partial charge in [-0.3, -0.25) is 4.98 Å². The average molecular weight is 392 g/mol. The van der Waals surface area contributed by atoms with Crippen molar-refractivity contribution in [1.82, 2.24) is 15.0 Å². The zero-order chi connectivity index (χ0) is 18.9. The minimum absolute atomic E-state index is 0.251. The van der Waals surface area contributed by atoms with Crippen LogP contribution in [-0.2, 0) is 4.74 Å². The van der Waals surface area contributed by atoms with E-state index in [1.807, 2.05) is 18.2 Å². The van der Waals surface area contributed by atoms with Crippen LogP contribution < -0.4 is 4.90 Å². The third-order valence-corrected chi connectivity index (χ3v) is 5.65. The van der Waals surface area contributed by atoms with Gasteiger partial charge in [-0.15, -0.1) is 11.3 Å². The molecule has 3 aromatic heterocycles. The Bertz CT molecular complexity index is 1110. The summed E-state index contributed by atoms with van der Waals surface area (Å²) in [7, 11) is 0. The Labute approximate surface area is 165 Å². The summed E-state index contributed by atoms with van der Waals surface area (Å²) >= 11 is 1.57. The summed E-state index contributed by atoms with van der Waals surface area (Å²) in [5.74, 6) is 0.447. The van der Waals surface area contributed by atoms with Crippen LogP contribution in [0.1, 0.15) is 0 Å². The van der Waals surface area contributed by atoms with Gasteiger partial charge < -0.3 is 9.64 Å². The molecular weight excluding hydrogens is 375 g/mol. The number of hydrogen-bond donors (Lipinski definition) is 0. The van der Waals surface area contributed by atoms with Crippen molar-refractivity contribution in [3.63, 3.8) is 0 Å². The lowest BCUT2D eigenvalue weighted by atomic mass is 10.0. The third-order valence-electron chi connectivity index (χ3n) is 4.78. The lowest BCUT2D eigenvalue weighted by Crippen LogP contribution is -2.37. The molecule has 0 unspecified atom stereocenters. The van der Waals surface area contributed by atoms with E-state index >= 15 is 0 Å². The van der Waals surface area contributed by atoms with E-state index in [1.54, 1.807) is 29.7 Å². The molecule has 0 amide bonds. The fourth-order valence-electron chi connectivity index (χ4n) is 3.37. The molecule has 1 aliphatic heterocycles. The Hall–Kier alpha value is -2.90. The van der Waals surface area contributed by atoms with Gasteiger partial charge in [0, 0.05) is 35.6 Å². The van der Waals surface area contributed by atoms with Gasteiger partial charge in [-0.2, -0.15) is 0 Å². The maximum atomic E-state index is 13.4. The molecule has 140 valence electrons. The monoisotopic (exact) mass is 392 g/mol. The molecule has 4 heterocycles. The molecule has 0 aliphatic carbocycles. The number of rotatable bonds is 3. The number of thiophene rings is 1. The zero-order valence-electron chi connectivity index (χ0n) is 15.0. The Morgan fingerprint density at radius 2 is 1.82 bits per heavy atom. The van der Waals surface area contributed by atoms with Crippen LogP contribution in [0.25, 0.3) is 32.7 Å². The third kappa shape index (κ3) is 3.12. The van der Waals surface area contributed by atoms with Crippen LogP contribution in [0.3, 0.4) is 0 Å². The summed E-state index contributed by atoms with van der Waals surface area (Å²) in [5, 5.41) is 3.01. The molecule has 5 nitrogen and oxygen atoms in total. The molecule has 0 bridgehead atoms. The van der Waals surface area contributed by atoms with E-state index in [0.717, 1.165) is 45.8 Å². The largest absolute Gasteiger partial charge is 0.378 e. The highest BCUT2D eigenvalue weighted by Gasteiger charge is 2.21. The molecule has 4 aromatic rings. The molecule has 0 N–H and O–H groups in total. The van der Waals surface area contributed by atoms with Crippen LogP contribution in [-0.4, -0.2) is 41.3 Å². The first-order chi connectivity index (χ1) is 13.8. The van der Waals surface area contributed by atoms with Gasteiger partial charge in [-0.05, 0) is 29.8 Å². The van der Waals surface area contributed by atoms with Gasteiger partial charge in [0.2, 0.25) is 5.95 Å². The molecule has 1 aromatic carbocycles. The molecule has 0 radical (unpaired) electrons. The van der Waals surface area contributed by atoms with Gasteiger partial charge in [0.1, 0.15) is 16.3 Å². The molecule has 5 rings (SSSR count). The summed E-state index contributed by atoms with van der Waals surface area (Å²) in [6.07, 6.45) is 1.77. The number of fused-ring (bicyclic) bond motifs is 1. The van der Waals surface area contributed by atoms with Gasteiger partial charge in [-0.1, -0.05) is 18.2 Å². The number of hydrogen-bond acceptors (Lipinski definition) is 6. The van der Waals surface area contributed by atoms with Crippen LogP contribution in [0.5, 0.6) is 0 Å². The first kappa shape index (κ1) is 17.2. The second-order valence-corrected chi connectivity index (χ2v) is 7.38. The van der Waals surface area contributed by atoms with Gasteiger partial charge in [0.05, 0.1) is 18.9 Å². The topological polar surface area (TPSA) is 51.1 Å². The Balaban J connectivity index is 1.73. The van der Waals surface area contributed by atoms with Crippen molar-refractivity contribution in [2.75, 3.05) is 31.2 Å². The molecule has 0 saturated carbocycles. The van der Waals surface area contributed by atoms with Gasteiger partial charge in [0.15, 0.2) is 0 Å². The Morgan fingerprint density at radius 3 is 2.57 bits per heavy atom. The van der Waals surface area contributed by atoms with Crippen LogP contribution >= 0.6 is 11.3 Å². The van der Waals surface area contributed by atoms with Gasteiger partial charge in [-0.25, -0.2) is 14.4 Å². The maximum Gasteiger partial charge on any atom is 0.227 e. The lowest BCUT2D eigenvalue weighted by Gasteiger charge is -2.27. The van der Waals surface area contributed by atoms with Crippen LogP contribution in [0.15, 0.2) is 54.0 Å². The highest BCUT2D eigenvalue weighted by molar-refractivity contribution is 7.17. The normalized spacial score (nSPS) is 14.5. The second-order valence-electron chi connectivity index (χ2n) is 6.52. The number of nitrogens with zero attached hydrogens (tertiary/aromatic N) is 4. The quantitative estimate of drug-likeness (QED) is 0.517. The standard InChI is InChI=1S/C21H17FN4OS/c22-15-6-4-14(5-7-15)16-13-28-20-18(16)19(17-3-1-2-8-23-17)24-21(25-20)26-9-11-27-12-10-26/h1-8,13H,9-12H2. The first-order valence-corrected chi connectivity index (χ1v) is 9.97. The molecule has 1 aliphatic rings. The van der Waals surface area contributed by atoms with Crippen LogP contribution in [0, 0.1) is 5.82 Å². The number of benzene rings is 1. The highest BCUT2D eigenvalue weighted by Crippen LogP contribution is 2.39. The molecule has 0 atom stereocenters. The SMILES string of the molecule is Fc1ccc(-c2csc3nc(N4CCOCC4)nc(-c4ccccn4)c23)cc1. The summed E-state index contributed by atoms with van der Waals surface area (Å²) in [4.78, 5) is 17.3. The van der Waals surface area contributed by atoms with Crippen molar-refractivity contribution < 1.29 is 9.13 Å². The summed E-state index contributed by atoms with van der Waals surface area (Å²) in [5.41, 5.74) is 3.53. The van der Waals surface area contributed by atoms with Gasteiger partial charge in [0.25, 0.3) is 0 Å². The van der Waals surface area contributed by atoms with Crippen molar-refractivity contribution in [3.05, 3.63) is 59.9 Å². The molecule has 28 heavy (non-hydrogen) atoms.